The number of likely N-dealkylation sites (tertiary alicyclic amines) is 1. The van der Waals surface area contributed by atoms with Gasteiger partial charge in [-0.05, 0) is 25.2 Å². The van der Waals surface area contributed by atoms with Crippen molar-refractivity contribution >= 4 is 17.5 Å². The van der Waals surface area contributed by atoms with Gasteiger partial charge in [0.2, 0.25) is 5.91 Å². The van der Waals surface area contributed by atoms with Crippen LogP contribution in [0.4, 0.5) is 0 Å². The SMILES string of the molecule is CC(C(=O)N1CCC(Cl)C1)C1CCC1. The van der Waals surface area contributed by atoms with Crippen molar-refractivity contribution in [1.29, 1.82) is 0 Å². The predicted octanol–water partition coefficient (Wildman–Crippen LogP) is 2.26. The average Bonchev–Trinajstić information content (AvgIpc) is 2.47. The normalized spacial score (nSPS) is 30.1. The van der Waals surface area contributed by atoms with E-state index >= 15 is 0 Å². The minimum Gasteiger partial charge on any atom is -0.341 e. The molecule has 1 saturated carbocycles. The summed E-state index contributed by atoms with van der Waals surface area (Å²) in [6.07, 6.45) is 4.75. The van der Waals surface area contributed by atoms with Gasteiger partial charge in [0.25, 0.3) is 0 Å². The van der Waals surface area contributed by atoms with Crippen molar-refractivity contribution in [2.24, 2.45) is 11.8 Å². The Morgan fingerprint density at radius 2 is 2.14 bits per heavy atom. The van der Waals surface area contributed by atoms with Crippen LogP contribution in [0.15, 0.2) is 0 Å². The first kappa shape index (κ1) is 10.3. The van der Waals surface area contributed by atoms with Gasteiger partial charge in [-0.1, -0.05) is 13.3 Å². The van der Waals surface area contributed by atoms with Gasteiger partial charge in [0.15, 0.2) is 0 Å². The van der Waals surface area contributed by atoms with Crippen molar-refractivity contribution in [2.75, 3.05) is 13.1 Å². The topological polar surface area (TPSA) is 20.3 Å². The Labute approximate surface area is 90.6 Å². The van der Waals surface area contributed by atoms with Crippen molar-refractivity contribution in [3.05, 3.63) is 0 Å². The van der Waals surface area contributed by atoms with Crippen molar-refractivity contribution < 1.29 is 4.79 Å². The molecule has 1 heterocycles. The largest absolute Gasteiger partial charge is 0.341 e. The zero-order chi connectivity index (χ0) is 10.1. The van der Waals surface area contributed by atoms with Gasteiger partial charge in [0.1, 0.15) is 0 Å². The quantitative estimate of drug-likeness (QED) is 0.648. The summed E-state index contributed by atoms with van der Waals surface area (Å²) in [5.74, 6) is 1.21. The molecule has 0 radical (unpaired) electrons. The molecule has 2 nitrogen and oxygen atoms in total. The third-order valence-electron chi connectivity index (χ3n) is 3.69. The number of carbonyl (C=O) groups is 1. The Balaban J connectivity index is 1.87. The molecule has 0 N–H and O–H groups in total. The van der Waals surface area contributed by atoms with E-state index in [2.05, 4.69) is 6.92 Å². The number of amides is 1. The summed E-state index contributed by atoms with van der Waals surface area (Å²) in [6, 6.07) is 0. The van der Waals surface area contributed by atoms with Crippen LogP contribution in [-0.4, -0.2) is 29.3 Å². The van der Waals surface area contributed by atoms with Gasteiger partial charge in [-0.2, -0.15) is 0 Å². The second kappa shape index (κ2) is 4.09. The molecule has 1 aliphatic heterocycles. The fourth-order valence-corrected chi connectivity index (χ4v) is 2.61. The van der Waals surface area contributed by atoms with Crippen molar-refractivity contribution in [2.45, 2.75) is 38.0 Å². The second-order valence-electron chi connectivity index (χ2n) is 4.65. The predicted molar refractivity (Wildman–Crippen MR) is 57.3 cm³/mol. The molecule has 0 bridgehead atoms. The Morgan fingerprint density at radius 1 is 1.43 bits per heavy atom. The summed E-state index contributed by atoms with van der Waals surface area (Å²) < 4.78 is 0. The first-order valence-electron chi connectivity index (χ1n) is 5.61. The van der Waals surface area contributed by atoms with Crippen LogP contribution in [0.25, 0.3) is 0 Å². The fraction of sp³-hybridized carbons (Fsp3) is 0.909. The van der Waals surface area contributed by atoms with Gasteiger partial charge in [-0.25, -0.2) is 0 Å². The molecule has 2 unspecified atom stereocenters. The maximum Gasteiger partial charge on any atom is 0.225 e. The lowest BCUT2D eigenvalue weighted by Gasteiger charge is -2.32. The first-order chi connectivity index (χ1) is 6.68. The number of halogens is 1. The van der Waals surface area contributed by atoms with Gasteiger partial charge in [-0.3, -0.25) is 4.79 Å². The van der Waals surface area contributed by atoms with E-state index < -0.39 is 0 Å². The number of hydrogen-bond acceptors (Lipinski definition) is 1. The van der Waals surface area contributed by atoms with E-state index in [1.807, 2.05) is 4.90 Å². The number of hydrogen-bond donors (Lipinski definition) is 0. The summed E-state index contributed by atoms with van der Waals surface area (Å²) in [5.41, 5.74) is 0. The van der Waals surface area contributed by atoms with Crippen molar-refractivity contribution in [3.8, 4) is 0 Å². The Morgan fingerprint density at radius 3 is 2.57 bits per heavy atom. The highest BCUT2D eigenvalue weighted by atomic mass is 35.5. The van der Waals surface area contributed by atoms with Gasteiger partial charge in [-0.15, -0.1) is 11.6 Å². The Kier molecular flexibility index (Phi) is 3.01. The van der Waals surface area contributed by atoms with E-state index in [0.29, 0.717) is 11.8 Å². The molecule has 0 aromatic heterocycles. The lowest BCUT2D eigenvalue weighted by atomic mass is 9.76. The van der Waals surface area contributed by atoms with Crippen molar-refractivity contribution in [3.63, 3.8) is 0 Å². The number of nitrogens with zero attached hydrogens (tertiary/aromatic N) is 1. The van der Waals surface area contributed by atoms with E-state index in [0.717, 1.165) is 19.5 Å². The molecule has 2 fully saturated rings. The summed E-state index contributed by atoms with van der Waals surface area (Å²) in [5, 5.41) is 0.188. The second-order valence-corrected chi connectivity index (χ2v) is 5.27. The fourth-order valence-electron chi connectivity index (χ4n) is 2.35. The zero-order valence-corrected chi connectivity index (χ0v) is 9.46. The molecular weight excluding hydrogens is 198 g/mol. The van der Waals surface area contributed by atoms with Crippen LogP contribution in [0.3, 0.4) is 0 Å². The van der Waals surface area contributed by atoms with Crippen molar-refractivity contribution in [1.82, 2.24) is 4.90 Å². The highest BCUT2D eigenvalue weighted by molar-refractivity contribution is 6.21. The standard InChI is InChI=1S/C11H18ClNO/c1-8(9-3-2-4-9)11(14)13-6-5-10(12)7-13/h8-10H,2-7H2,1H3. The van der Waals surface area contributed by atoms with Crippen LogP contribution in [-0.2, 0) is 4.79 Å². The Bertz CT molecular complexity index is 223. The third kappa shape index (κ3) is 1.90. The lowest BCUT2D eigenvalue weighted by molar-refractivity contribution is -0.136. The summed E-state index contributed by atoms with van der Waals surface area (Å²) in [4.78, 5) is 13.9. The van der Waals surface area contributed by atoms with E-state index in [1.165, 1.54) is 19.3 Å². The molecule has 2 atom stereocenters. The molecular formula is C11H18ClNO. The van der Waals surface area contributed by atoms with E-state index in [4.69, 9.17) is 11.6 Å². The molecule has 1 amide bonds. The van der Waals surface area contributed by atoms with Crippen LogP contribution < -0.4 is 0 Å². The lowest BCUT2D eigenvalue weighted by Crippen LogP contribution is -2.38. The monoisotopic (exact) mass is 215 g/mol. The molecule has 2 rings (SSSR count). The van der Waals surface area contributed by atoms with E-state index in [-0.39, 0.29) is 11.3 Å². The molecule has 2 aliphatic rings. The van der Waals surface area contributed by atoms with Gasteiger partial charge in [0, 0.05) is 19.0 Å². The summed E-state index contributed by atoms with van der Waals surface area (Å²) >= 11 is 5.99. The van der Waals surface area contributed by atoms with Crippen LogP contribution in [0.2, 0.25) is 0 Å². The highest BCUT2D eigenvalue weighted by Gasteiger charge is 2.34. The van der Waals surface area contributed by atoms with Crippen LogP contribution in [0.5, 0.6) is 0 Å². The van der Waals surface area contributed by atoms with Crippen LogP contribution >= 0.6 is 11.6 Å². The van der Waals surface area contributed by atoms with Gasteiger partial charge < -0.3 is 4.90 Å². The zero-order valence-electron chi connectivity index (χ0n) is 8.71. The smallest absolute Gasteiger partial charge is 0.225 e. The molecule has 14 heavy (non-hydrogen) atoms. The summed E-state index contributed by atoms with van der Waals surface area (Å²) in [6.45, 7) is 3.70. The molecule has 1 saturated heterocycles. The molecule has 0 spiro atoms. The molecule has 80 valence electrons. The number of rotatable bonds is 2. The molecule has 0 aromatic rings. The first-order valence-corrected chi connectivity index (χ1v) is 6.05. The van der Waals surface area contributed by atoms with Crippen LogP contribution in [0, 0.1) is 11.8 Å². The highest BCUT2D eigenvalue weighted by Crippen LogP contribution is 2.34. The average molecular weight is 216 g/mol. The van der Waals surface area contributed by atoms with Gasteiger partial charge >= 0.3 is 0 Å². The Hall–Kier alpha value is -0.240. The van der Waals surface area contributed by atoms with E-state index in [9.17, 15) is 4.79 Å². The van der Waals surface area contributed by atoms with E-state index in [1.54, 1.807) is 0 Å². The van der Waals surface area contributed by atoms with Crippen LogP contribution in [0.1, 0.15) is 32.6 Å². The number of carbonyl (C=O) groups excluding carboxylic acids is 1. The molecule has 3 heteroatoms. The summed E-state index contributed by atoms with van der Waals surface area (Å²) in [7, 11) is 0. The third-order valence-corrected chi connectivity index (χ3v) is 4.05. The number of alkyl halides is 1. The molecule has 0 aromatic carbocycles. The maximum absolute atomic E-state index is 12.0. The van der Waals surface area contributed by atoms with Gasteiger partial charge in [0.05, 0.1) is 5.38 Å². The molecule has 1 aliphatic carbocycles. The maximum atomic E-state index is 12.0. The minimum absolute atomic E-state index is 0.188. The minimum atomic E-state index is 0.188.